The van der Waals surface area contributed by atoms with Crippen molar-refractivity contribution >= 4 is 11.6 Å². The second-order valence-corrected chi connectivity index (χ2v) is 5.75. The van der Waals surface area contributed by atoms with Gasteiger partial charge in [0.05, 0.1) is 17.6 Å². The molecule has 0 atom stereocenters. The van der Waals surface area contributed by atoms with Gasteiger partial charge in [-0.1, -0.05) is 19.1 Å². The summed E-state index contributed by atoms with van der Waals surface area (Å²) in [6.45, 7) is 6.02. The highest BCUT2D eigenvalue weighted by Gasteiger charge is 2.08. The molecule has 0 aliphatic rings. The number of carbonyl (C=O) groups is 1. The Morgan fingerprint density at radius 1 is 1.12 bits per heavy atom. The second kappa shape index (κ2) is 6.66. The lowest BCUT2D eigenvalue weighted by Crippen LogP contribution is -2.12. The van der Waals surface area contributed by atoms with E-state index in [1.54, 1.807) is 10.9 Å². The summed E-state index contributed by atoms with van der Waals surface area (Å²) in [5.41, 5.74) is 4.47. The maximum atomic E-state index is 12.3. The van der Waals surface area contributed by atoms with Crippen LogP contribution in [0.5, 0.6) is 0 Å². The molecule has 0 saturated heterocycles. The summed E-state index contributed by atoms with van der Waals surface area (Å²) in [5.74, 6) is 0.587. The topological polar surface area (TPSA) is 59.8 Å². The maximum absolute atomic E-state index is 12.3. The first-order valence-corrected chi connectivity index (χ1v) is 7.97. The third-order valence-electron chi connectivity index (χ3n) is 3.86. The molecule has 0 saturated carbocycles. The van der Waals surface area contributed by atoms with Crippen LogP contribution in [0.1, 0.15) is 34.2 Å². The lowest BCUT2D eigenvalue weighted by atomic mass is 10.1. The number of pyridine rings is 1. The molecule has 122 valence electrons. The predicted molar refractivity (Wildman–Crippen MR) is 94.6 cm³/mol. The molecular weight excluding hydrogens is 300 g/mol. The molecule has 5 nitrogen and oxygen atoms in total. The molecule has 0 fully saturated rings. The molecular formula is C19H20N4O. The van der Waals surface area contributed by atoms with Gasteiger partial charge >= 0.3 is 0 Å². The molecule has 5 heteroatoms. The van der Waals surface area contributed by atoms with E-state index < -0.39 is 0 Å². The number of hydrogen-bond donors (Lipinski definition) is 1. The molecule has 0 unspecified atom stereocenters. The molecule has 0 radical (unpaired) electrons. The molecule has 3 aromatic rings. The summed E-state index contributed by atoms with van der Waals surface area (Å²) >= 11 is 0. The quantitative estimate of drug-likeness (QED) is 0.797. The van der Waals surface area contributed by atoms with Crippen LogP contribution >= 0.6 is 0 Å². The van der Waals surface area contributed by atoms with E-state index in [2.05, 4.69) is 22.3 Å². The Bertz CT molecular complexity index is 848. The van der Waals surface area contributed by atoms with E-state index in [1.165, 1.54) is 5.56 Å². The monoisotopic (exact) mass is 320 g/mol. The number of amides is 1. The van der Waals surface area contributed by atoms with Gasteiger partial charge in [-0.3, -0.25) is 4.79 Å². The number of rotatable bonds is 4. The number of benzene rings is 1. The van der Waals surface area contributed by atoms with E-state index in [0.717, 1.165) is 23.6 Å². The van der Waals surface area contributed by atoms with Crippen molar-refractivity contribution < 1.29 is 4.79 Å². The lowest BCUT2D eigenvalue weighted by Gasteiger charge is -2.07. The first-order chi connectivity index (χ1) is 11.6. The average molecular weight is 320 g/mol. The van der Waals surface area contributed by atoms with Crippen molar-refractivity contribution in [2.45, 2.75) is 27.2 Å². The SMILES string of the molecule is CCc1ccc(C(=O)Nc2ccc(-n3nc(C)cc3C)nc2)cc1. The van der Waals surface area contributed by atoms with Gasteiger partial charge in [-0.05, 0) is 56.2 Å². The minimum atomic E-state index is -0.140. The fraction of sp³-hybridized carbons (Fsp3) is 0.211. The van der Waals surface area contributed by atoms with Crippen LogP contribution in [0.3, 0.4) is 0 Å². The zero-order chi connectivity index (χ0) is 17.1. The highest BCUT2D eigenvalue weighted by atomic mass is 16.1. The Labute approximate surface area is 141 Å². The van der Waals surface area contributed by atoms with Crippen LogP contribution in [0.4, 0.5) is 5.69 Å². The van der Waals surface area contributed by atoms with Gasteiger partial charge < -0.3 is 5.32 Å². The fourth-order valence-electron chi connectivity index (χ4n) is 2.54. The summed E-state index contributed by atoms with van der Waals surface area (Å²) in [6.07, 6.45) is 2.60. The van der Waals surface area contributed by atoms with Crippen LogP contribution in [0.2, 0.25) is 0 Å². The van der Waals surface area contributed by atoms with Crippen molar-refractivity contribution in [3.05, 3.63) is 71.2 Å². The van der Waals surface area contributed by atoms with E-state index in [0.29, 0.717) is 11.3 Å². The van der Waals surface area contributed by atoms with Crippen molar-refractivity contribution in [1.82, 2.24) is 14.8 Å². The van der Waals surface area contributed by atoms with E-state index in [4.69, 9.17) is 0 Å². The Morgan fingerprint density at radius 3 is 2.42 bits per heavy atom. The minimum absolute atomic E-state index is 0.140. The van der Waals surface area contributed by atoms with Gasteiger partial charge in [0, 0.05) is 11.3 Å². The van der Waals surface area contributed by atoms with E-state index in [9.17, 15) is 4.79 Å². The standard InChI is InChI=1S/C19H20N4O/c1-4-15-5-7-16(8-6-15)19(24)21-17-9-10-18(20-12-17)23-14(3)11-13(2)22-23/h5-12H,4H2,1-3H3,(H,21,24). The summed E-state index contributed by atoms with van der Waals surface area (Å²) in [5, 5.41) is 7.26. The van der Waals surface area contributed by atoms with E-state index >= 15 is 0 Å². The van der Waals surface area contributed by atoms with Gasteiger partial charge in [0.1, 0.15) is 0 Å². The molecule has 0 spiro atoms. The third kappa shape index (κ3) is 3.35. The number of hydrogen-bond acceptors (Lipinski definition) is 3. The second-order valence-electron chi connectivity index (χ2n) is 5.75. The molecule has 0 aliphatic carbocycles. The Kier molecular flexibility index (Phi) is 4.42. The molecule has 24 heavy (non-hydrogen) atoms. The molecule has 0 aliphatic heterocycles. The molecule has 3 rings (SSSR count). The van der Waals surface area contributed by atoms with Gasteiger partial charge in [-0.2, -0.15) is 5.10 Å². The first kappa shape index (κ1) is 15.9. The number of anilines is 1. The number of aromatic nitrogens is 3. The summed E-state index contributed by atoms with van der Waals surface area (Å²) in [4.78, 5) is 16.7. The van der Waals surface area contributed by atoms with Crippen LogP contribution in [0.15, 0.2) is 48.7 Å². The van der Waals surface area contributed by atoms with E-state index in [-0.39, 0.29) is 5.91 Å². The smallest absolute Gasteiger partial charge is 0.255 e. The Balaban J connectivity index is 1.73. The van der Waals surface area contributed by atoms with E-state index in [1.807, 2.05) is 56.3 Å². The zero-order valence-electron chi connectivity index (χ0n) is 14.1. The number of nitrogens with one attached hydrogen (secondary N) is 1. The Hall–Kier alpha value is -2.95. The molecule has 0 bridgehead atoms. The average Bonchev–Trinajstić information content (AvgIpc) is 2.94. The van der Waals surface area contributed by atoms with Crippen LogP contribution in [0.25, 0.3) is 5.82 Å². The summed E-state index contributed by atoms with van der Waals surface area (Å²) in [6, 6.07) is 13.3. The van der Waals surface area contributed by atoms with Crippen LogP contribution in [-0.2, 0) is 6.42 Å². The third-order valence-corrected chi connectivity index (χ3v) is 3.86. The van der Waals surface area contributed by atoms with Crippen molar-refractivity contribution in [3.63, 3.8) is 0 Å². The summed E-state index contributed by atoms with van der Waals surface area (Å²) < 4.78 is 1.78. The highest BCUT2D eigenvalue weighted by Crippen LogP contribution is 2.14. The van der Waals surface area contributed by atoms with Crippen LogP contribution < -0.4 is 5.32 Å². The van der Waals surface area contributed by atoms with Crippen LogP contribution in [-0.4, -0.2) is 20.7 Å². The molecule has 1 N–H and O–H groups in total. The molecule has 2 aromatic heterocycles. The van der Waals surface area contributed by atoms with Crippen molar-refractivity contribution in [2.75, 3.05) is 5.32 Å². The maximum Gasteiger partial charge on any atom is 0.255 e. The number of carbonyl (C=O) groups excluding carboxylic acids is 1. The van der Waals surface area contributed by atoms with Gasteiger partial charge in [0.2, 0.25) is 0 Å². The van der Waals surface area contributed by atoms with Gasteiger partial charge in [0.25, 0.3) is 5.91 Å². The molecule has 2 heterocycles. The van der Waals surface area contributed by atoms with Gasteiger partial charge in [-0.25, -0.2) is 9.67 Å². The largest absolute Gasteiger partial charge is 0.321 e. The first-order valence-electron chi connectivity index (χ1n) is 7.97. The molecule has 1 amide bonds. The zero-order valence-corrected chi connectivity index (χ0v) is 14.1. The fourth-order valence-corrected chi connectivity index (χ4v) is 2.54. The normalized spacial score (nSPS) is 10.6. The molecule has 1 aromatic carbocycles. The van der Waals surface area contributed by atoms with Gasteiger partial charge in [0.15, 0.2) is 5.82 Å². The van der Waals surface area contributed by atoms with Gasteiger partial charge in [-0.15, -0.1) is 0 Å². The van der Waals surface area contributed by atoms with Crippen molar-refractivity contribution in [1.29, 1.82) is 0 Å². The predicted octanol–water partition coefficient (Wildman–Crippen LogP) is 3.70. The lowest BCUT2D eigenvalue weighted by molar-refractivity contribution is 0.102. The Morgan fingerprint density at radius 2 is 1.88 bits per heavy atom. The van der Waals surface area contributed by atoms with Crippen LogP contribution in [0, 0.1) is 13.8 Å². The highest BCUT2D eigenvalue weighted by molar-refractivity contribution is 6.04. The van der Waals surface area contributed by atoms with Crippen molar-refractivity contribution in [3.8, 4) is 5.82 Å². The number of aryl methyl sites for hydroxylation is 3. The minimum Gasteiger partial charge on any atom is -0.321 e. The summed E-state index contributed by atoms with van der Waals surface area (Å²) in [7, 11) is 0. The number of nitrogens with zero attached hydrogens (tertiary/aromatic N) is 3. The van der Waals surface area contributed by atoms with Crippen molar-refractivity contribution in [2.24, 2.45) is 0 Å².